The molecule has 0 aliphatic heterocycles. The van der Waals surface area contributed by atoms with Gasteiger partial charge in [-0.3, -0.25) is 0 Å². The summed E-state index contributed by atoms with van der Waals surface area (Å²) in [6.45, 7) is 2.24. The van der Waals surface area contributed by atoms with E-state index in [1.807, 2.05) is 0 Å². The van der Waals surface area contributed by atoms with Gasteiger partial charge < -0.3 is 0 Å². The van der Waals surface area contributed by atoms with Crippen LogP contribution in [0.4, 0.5) is 0 Å². The van der Waals surface area contributed by atoms with E-state index in [1.54, 1.807) is 0 Å². The Morgan fingerprint density at radius 2 is 1.05 bits per heavy atom. The summed E-state index contributed by atoms with van der Waals surface area (Å²) in [4.78, 5) is 0. The summed E-state index contributed by atoms with van der Waals surface area (Å²) in [6.07, 6.45) is 26.8. The highest BCUT2D eigenvalue weighted by Crippen LogP contribution is 2.11. The minimum absolute atomic E-state index is 1.17. The summed E-state index contributed by atoms with van der Waals surface area (Å²) in [6, 6.07) is 0. The average molecular weight is 343 g/mol. The maximum atomic E-state index is 3.48. The van der Waals surface area contributed by atoms with Crippen molar-refractivity contribution >= 4 is 15.9 Å². The largest absolute Gasteiger partial charge is 0.0928 e. The highest BCUT2D eigenvalue weighted by atomic mass is 79.9. The summed E-state index contributed by atoms with van der Waals surface area (Å²) in [5.41, 5.74) is 0. The lowest BCUT2D eigenvalue weighted by Gasteiger charge is -2.00. The Balaban J connectivity index is 3.09. The van der Waals surface area contributed by atoms with E-state index in [9.17, 15) is 0 Å². The maximum Gasteiger partial charge on any atom is 0.00313 e. The van der Waals surface area contributed by atoms with Crippen molar-refractivity contribution in [2.75, 3.05) is 5.33 Å². The first-order chi connectivity index (χ1) is 9.91. The van der Waals surface area contributed by atoms with E-state index in [4.69, 9.17) is 0 Å². The van der Waals surface area contributed by atoms with Gasteiger partial charge >= 0.3 is 0 Å². The molecule has 0 nitrogen and oxygen atoms in total. The summed E-state index contributed by atoms with van der Waals surface area (Å²) in [5, 5.41) is 1.17. The molecule has 0 aliphatic rings. The molecule has 0 atom stereocenters. The van der Waals surface area contributed by atoms with Gasteiger partial charge in [-0.2, -0.15) is 0 Å². The van der Waals surface area contributed by atoms with Crippen LogP contribution in [0.15, 0.2) is 24.3 Å². The van der Waals surface area contributed by atoms with Crippen LogP contribution in [0, 0.1) is 0 Å². The van der Waals surface area contributed by atoms with Crippen molar-refractivity contribution in [2.45, 2.75) is 90.4 Å². The molecular formula is C19H35Br. The second-order valence-electron chi connectivity index (χ2n) is 5.66. The Kier molecular flexibility index (Phi) is 18.9. The summed E-state index contributed by atoms with van der Waals surface area (Å²) >= 11 is 3.48. The molecule has 0 bridgehead atoms. The summed E-state index contributed by atoms with van der Waals surface area (Å²) < 4.78 is 0. The quantitative estimate of drug-likeness (QED) is 0.163. The van der Waals surface area contributed by atoms with Crippen molar-refractivity contribution in [1.82, 2.24) is 0 Å². The summed E-state index contributed by atoms with van der Waals surface area (Å²) in [7, 11) is 0. The van der Waals surface area contributed by atoms with Crippen molar-refractivity contribution in [3.63, 3.8) is 0 Å². The fourth-order valence-corrected chi connectivity index (χ4v) is 2.66. The first-order valence-electron chi connectivity index (χ1n) is 8.79. The van der Waals surface area contributed by atoms with Crippen molar-refractivity contribution in [3.05, 3.63) is 24.3 Å². The van der Waals surface area contributed by atoms with Gasteiger partial charge in [0.25, 0.3) is 0 Å². The van der Waals surface area contributed by atoms with Crippen LogP contribution in [0.3, 0.4) is 0 Å². The molecule has 0 unspecified atom stereocenters. The van der Waals surface area contributed by atoms with E-state index >= 15 is 0 Å². The zero-order chi connectivity index (χ0) is 14.7. The lowest BCUT2D eigenvalue weighted by atomic mass is 10.1. The van der Waals surface area contributed by atoms with Gasteiger partial charge in [0.15, 0.2) is 0 Å². The first kappa shape index (κ1) is 20.0. The van der Waals surface area contributed by atoms with Crippen LogP contribution in [0.1, 0.15) is 90.4 Å². The molecule has 0 rings (SSSR count). The summed E-state index contributed by atoms with van der Waals surface area (Å²) in [5.74, 6) is 0. The van der Waals surface area contributed by atoms with Crippen molar-refractivity contribution in [3.8, 4) is 0 Å². The Labute approximate surface area is 136 Å². The zero-order valence-corrected chi connectivity index (χ0v) is 15.2. The van der Waals surface area contributed by atoms with E-state index in [2.05, 4.69) is 47.2 Å². The van der Waals surface area contributed by atoms with Gasteiger partial charge in [-0.15, -0.1) is 0 Å². The number of allylic oxidation sites excluding steroid dienone is 4. The highest BCUT2D eigenvalue weighted by Gasteiger charge is 1.91. The van der Waals surface area contributed by atoms with Crippen LogP contribution in [-0.2, 0) is 0 Å². The molecular weight excluding hydrogens is 308 g/mol. The fourth-order valence-electron chi connectivity index (χ4n) is 2.27. The molecule has 0 fully saturated rings. The number of hydrogen-bond donors (Lipinski definition) is 0. The van der Waals surface area contributed by atoms with Crippen LogP contribution < -0.4 is 0 Å². The van der Waals surface area contributed by atoms with Gasteiger partial charge in [0.2, 0.25) is 0 Å². The third kappa shape index (κ3) is 18.0. The van der Waals surface area contributed by atoms with E-state index in [0.29, 0.717) is 0 Å². The third-order valence-electron chi connectivity index (χ3n) is 3.61. The SMILES string of the molecule is CCCC/C=C\C=C/CCCCCCCCCCCBr. The molecule has 0 aliphatic carbocycles. The molecule has 0 radical (unpaired) electrons. The van der Waals surface area contributed by atoms with Gasteiger partial charge in [0, 0.05) is 5.33 Å². The van der Waals surface area contributed by atoms with Gasteiger partial charge in [-0.1, -0.05) is 105 Å². The Hall–Kier alpha value is -0.0400. The minimum Gasteiger partial charge on any atom is -0.0928 e. The number of rotatable bonds is 15. The number of alkyl halides is 1. The van der Waals surface area contributed by atoms with Crippen LogP contribution in [0.25, 0.3) is 0 Å². The fraction of sp³-hybridized carbons (Fsp3) is 0.789. The van der Waals surface area contributed by atoms with Crippen molar-refractivity contribution < 1.29 is 0 Å². The zero-order valence-electron chi connectivity index (χ0n) is 13.6. The smallest absolute Gasteiger partial charge is 0.00313 e. The number of unbranched alkanes of at least 4 members (excludes halogenated alkanes) is 11. The van der Waals surface area contributed by atoms with Crippen LogP contribution in [0.5, 0.6) is 0 Å². The molecule has 0 saturated heterocycles. The number of halogens is 1. The first-order valence-corrected chi connectivity index (χ1v) is 9.91. The molecule has 0 saturated carbocycles. The number of hydrogen-bond acceptors (Lipinski definition) is 0. The average Bonchev–Trinajstić information content (AvgIpc) is 2.47. The normalized spacial score (nSPS) is 11.9. The van der Waals surface area contributed by atoms with Gasteiger partial charge in [0.1, 0.15) is 0 Å². The molecule has 0 aromatic carbocycles. The van der Waals surface area contributed by atoms with Crippen LogP contribution in [0.2, 0.25) is 0 Å². The molecule has 0 heterocycles. The monoisotopic (exact) mass is 342 g/mol. The highest BCUT2D eigenvalue weighted by molar-refractivity contribution is 9.09. The topological polar surface area (TPSA) is 0 Å². The molecule has 0 N–H and O–H groups in total. The van der Waals surface area contributed by atoms with Gasteiger partial charge in [-0.25, -0.2) is 0 Å². The second kappa shape index (κ2) is 19.0. The Morgan fingerprint density at radius 3 is 1.55 bits per heavy atom. The molecule has 0 aromatic rings. The van der Waals surface area contributed by atoms with E-state index < -0.39 is 0 Å². The van der Waals surface area contributed by atoms with Crippen molar-refractivity contribution in [1.29, 1.82) is 0 Å². The molecule has 0 amide bonds. The van der Waals surface area contributed by atoms with Crippen LogP contribution in [-0.4, -0.2) is 5.33 Å². The Morgan fingerprint density at radius 1 is 0.600 bits per heavy atom. The molecule has 0 spiro atoms. The predicted molar refractivity (Wildman–Crippen MR) is 97.8 cm³/mol. The van der Waals surface area contributed by atoms with E-state index in [0.717, 1.165) is 0 Å². The molecule has 118 valence electrons. The predicted octanol–water partition coefficient (Wildman–Crippen LogP) is 7.58. The molecule has 20 heavy (non-hydrogen) atoms. The molecule has 1 heteroatoms. The van der Waals surface area contributed by atoms with E-state index in [-0.39, 0.29) is 0 Å². The Bertz CT molecular complexity index is 218. The lowest BCUT2D eigenvalue weighted by molar-refractivity contribution is 0.567. The standard InChI is InChI=1S/C19H35Br/c1-2-3-4-5-6-7-8-9-10-11-12-13-14-15-16-17-18-19-20/h5-8H,2-4,9-19H2,1H3/b6-5-,8-7-. The lowest BCUT2D eigenvalue weighted by Crippen LogP contribution is -1.82. The third-order valence-corrected chi connectivity index (χ3v) is 4.17. The van der Waals surface area contributed by atoms with Gasteiger partial charge in [-0.05, 0) is 25.7 Å². The van der Waals surface area contributed by atoms with Crippen molar-refractivity contribution in [2.24, 2.45) is 0 Å². The molecule has 0 aromatic heterocycles. The minimum atomic E-state index is 1.17. The van der Waals surface area contributed by atoms with Crippen LogP contribution >= 0.6 is 15.9 Å². The maximum absolute atomic E-state index is 3.48. The van der Waals surface area contributed by atoms with E-state index in [1.165, 1.54) is 88.8 Å². The van der Waals surface area contributed by atoms with Gasteiger partial charge in [0.05, 0.1) is 0 Å². The second-order valence-corrected chi connectivity index (χ2v) is 6.45.